The Balaban J connectivity index is 1.22. The van der Waals surface area contributed by atoms with E-state index in [-0.39, 0.29) is 11.6 Å². The fourth-order valence-corrected chi connectivity index (χ4v) is 4.39. The summed E-state index contributed by atoms with van der Waals surface area (Å²) in [7, 11) is 0. The Kier molecular flexibility index (Phi) is 6.64. The van der Waals surface area contributed by atoms with Gasteiger partial charge in [-0.25, -0.2) is 4.98 Å². The van der Waals surface area contributed by atoms with Crippen LogP contribution in [0.25, 0.3) is 17.1 Å². The predicted molar refractivity (Wildman–Crippen MR) is 142 cm³/mol. The molecule has 1 fully saturated rings. The van der Waals surface area contributed by atoms with Gasteiger partial charge in [0.05, 0.1) is 11.0 Å². The average molecular weight is 499 g/mol. The predicted octanol–water partition coefficient (Wildman–Crippen LogP) is 4.44. The molecule has 1 aromatic heterocycles. The van der Waals surface area contributed by atoms with E-state index in [4.69, 9.17) is 11.6 Å². The summed E-state index contributed by atoms with van der Waals surface area (Å²) in [6.07, 6.45) is 2.93. The number of hydrogen-bond donors (Lipinski definition) is 1. The number of para-hydroxylation sites is 2. The van der Waals surface area contributed by atoms with E-state index in [2.05, 4.69) is 14.9 Å². The van der Waals surface area contributed by atoms with Crippen molar-refractivity contribution >= 4 is 46.1 Å². The Labute approximate surface area is 212 Å². The molecule has 8 heteroatoms. The number of piperazine rings is 1. The number of aromatic amines is 1. The van der Waals surface area contributed by atoms with Crippen LogP contribution in [-0.2, 0) is 0 Å². The lowest BCUT2D eigenvalue weighted by Crippen LogP contribution is -2.48. The number of rotatable bonds is 5. The molecule has 0 saturated carbocycles. The molecule has 180 valence electrons. The smallest absolute Gasteiger partial charge is 0.278 e. The van der Waals surface area contributed by atoms with Gasteiger partial charge in [-0.15, -0.1) is 0 Å². The lowest BCUT2D eigenvalue weighted by atomic mass is 10.1. The first-order valence-corrected chi connectivity index (χ1v) is 12.0. The van der Waals surface area contributed by atoms with Crippen LogP contribution in [0.4, 0.5) is 5.69 Å². The molecule has 1 N–H and O–H groups in total. The second-order valence-corrected chi connectivity index (χ2v) is 8.95. The van der Waals surface area contributed by atoms with Crippen molar-refractivity contribution in [2.75, 3.05) is 31.1 Å². The maximum atomic E-state index is 13.0. The summed E-state index contributed by atoms with van der Waals surface area (Å²) in [5, 5.41) is 0.696. The molecular formula is C28H23ClN4O3. The van der Waals surface area contributed by atoms with Crippen LogP contribution in [0.5, 0.6) is 0 Å². The van der Waals surface area contributed by atoms with Crippen LogP contribution < -0.4 is 10.5 Å². The van der Waals surface area contributed by atoms with Crippen LogP contribution in [0.2, 0.25) is 5.02 Å². The van der Waals surface area contributed by atoms with E-state index in [1.54, 1.807) is 54.6 Å². The molecule has 1 amide bonds. The van der Waals surface area contributed by atoms with Crippen molar-refractivity contribution in [1.82, 2.24) is 14.9 Å². The van der Waals surface area contributed by atoms with Gasteiger partial charge in [0.2, 0.25) is 5.78 Å². The van der Waals surface area contributed by atoms with Crippen molar-refractivity contribution in [2.45, 2.75) is 0 Å². The molecule has 1 aliphatic heterocycles. The minimum absolute atomic E-state index is 0.0285. The second-order valence-electron chi connectivity index (χ2n) is 8.51. The summed E-state index contributed by atoms with van der Waals surface area (Å²) in [6, 6.07) is 21.8. The highest BCUT2D eigenvalue weighted by Crippen LogP contribution is 2.21. The number of hydrogen-bond acceptors (Lipinski definition) is 5. The SMILES string of the molecule is O=C(C=Cc1ccc(C(=O)N2CCN(c3cccc(Cl)c3)CC2)cc1)c1nc2ccccc2[nH]c1=O. The number of nitrogens with zero attached hydrogens (tertiary/aromatic N) is 3. The van der Waals surface area contributed by atoms with Crippen LogP contribution in [0.15, 0.2) is 83.7 Å². The molecule has 1 saturated heterocycles. The van der Waals surface area contributed by atoms with Gasteiger partial charge in [0.15, 0.2) is 5.69 Å². The van der Waals surface area contributed by atoms with Gasteiger partial charge in [-0.1, -0.05) is 48.0 Å². The van der Waals surface area contributed by atoms with Crippen LogP contribution in [0.3, 0.4) is 0 Å². The molecule has 36 heavy (non-hydrogen) atoms. The van der Waals surface area contributed by atoms with Crippen LogP contribution >= 0.6 is 11.6 Å². The average Bonchev–Trinajstić information content (AvgIpc) is 2.91. The molecule has 0 unspecified atom stereocenters. The third-order valence-electron chi connectivity index (χ3n) is 6.16. The molecule has 4 aromatic rings. The van der Waals surface area contributed by atoms with Crippen molar-refractivity contribution < 1.29 is 9.59 Å². The first-order valence-electron chi connectivity index (χ1n) is 11.6. The Morgan fingerprint density at radius 3 is 2.42 bits per heavy atom. The zero-order valence-electron chi connectivity index (χ0n) is 19.4. The van der Waals surface area contributed by atoms with Crippen molar-refractivity contribution in [2.24, 2.45) is 0 Å². The van der Waals surface area contributed by atoms with Crippen molar-refractivity contribution in [3.8, 4) is 0 Å². The third kappa shape index (κ3) is 5.06. The van der Waals surface area contributed by atoms with Gasteiger partial charge in [0, 0.05) is 42.5 Å². The summed E-state index contributed by atoms with van der Waals surface area (Å²) in [6.45, 7) is 2.71. The Hall–Kier alpha value is -4.23. The second kappa shape index (κ2) is 10.2. The van der Waals surface area contributed by atoms with Crippen molar-refractivity contribution in [3.05, 3.63) is 111 Å². The molecule has 1 aliphatic rings. The highest BCUT2D eigenvalue weighted by Gasteiger charge is 2.22. The molecule has 0 atom stereocenters. The first kappa shape index (κ1) is 23.5. The fraction of sp³-hybridized carbons (Fsp3) is 0.143. The molecule has 2 heterocycles. The standard InChI is InChI=1S/C28H23ClN4O3/c29-21-4-3-5-22(18-21)32-14-16-33(17-15-32)28(36)20-11-8-19(9-12-20)10-13-25(34)26-27(35)31-24-7-2-1-6-23(24)30-26/h1-13,18H,14-17H2,(H,31,35). The van der Waals surface area contributed by atoms with Gasteiger partial charge < -0.3 is 14.8 Å². The zero-order valence-corrected chi connectivity index (χ0v) is 20.1. The van der Waals surface area contributed by atoms with Gasteiger partial charge in [0.25, 0.3) is 11.5 Å². The van der Waals surface area contributed by atoms with E-state index in [1.807, 2.05) is 29.2 Å². The maximum absolute atomic E-state index is 13.0. The molecule has 3 aromatic carbocycles. The van der Waals surface area contributed by atoms with Gasteiger partial charge in [-0.05, 0) is 54.1 Å². The number of H-pyrrole nitrogens is 1. The number of allylic oxidation sites excluding steroid dienone is 1. The molecule has 0 aliphatic carbocycles. The Morgan fingerprint density at radius 1 is 0.917 bits per heavy atom. The van der Waals surface area contributed by atoms with E-state index in [9.17, 15) is 14.4 Å². The summed E-state index contributed by atoms with van der Waals surface area (Å²) in [5.41, 5.74) is 2.82. The lowest BCUT2D eigenvalue weighted by molar-refractivity contribution is 0.0746. The van der Waals surface area contributed by atoms with Crippen molar-refractivity contribution in [1.29, 1.82) is 0 Å². The quantitative estimate of drug-likeness (QED) is 0.325. The van der Waals surface area contributed by atoms with E-state index >= 15 is 0 Å². The number of benzene rings is 3. The summed E-state index contributed by atoms with van der Waals surface area (Å²) >= 11 is 6.10. The number of carbonyl (C=O) groups is 2. The van der Waals surface area contributed by atoms with Crippen LogP contribution in [-0.4, -0.2) is 52.7 Å². The number of ketones is 1. The normalized spacial score (nSPS) is 13.9. The topological polar surface area (TPSA) is 86.4 Å². The molecular weight excluding hydrogens is 476 g/mol. The molecule has 0 spiro atoms. The number of carbonyl (C=O) groups excluding carboxylic acids is 2. The van der Waals surface area contributed by atoms with E-state index in [0.717, 1.165) is 24.3 Å². The third-order valence-corrected chi connectivity index (χ3v) is 6.39. The first-order chi connectivity index (χ1) is 17.5. The highest BCUT2D eigenvalue weighted by atomic mass is 35.5. The molecule has 5 rings (SSSR count). The Morgan fingerprint density at radius 2 is 1.67 bits per heavy atom. The Bertz CT molecular complexity index is 1520. The minimum Gasteiger partial charge on any atom is -0.368 e. The lowest BCUT2D eigenvalue weighted by Gasteiger charge is -2.36. The van der Waals surface area contributed by atoms with Crippen LogP contribution in [0.1, 0.15) is 26.4 Å². The summed E-state index contributed by atoms with van der Waals surface area (Å²) < 4.78 is 0. The molecule has 0 bridgehead atoms. The highest BCUT2D eigenvalue weighted by molar-refractivity contribution is 6.30. The van der Waals surface area contributed by atoms with Gasteiger partial charge >= 0.3 is 0 Å². The van der Waals surface area contributed by atoms with E-state index in [0.29, 0.717) is 34.7 Å². The molecule has 7 nitrogen and oxygen atoms in total. The number of halogens is 1. The number of amides is 1. The number of anilines is 1. The van der Waals surface area contributed by atoms with Crippen molar-refractivity contribution in [3.63, 3.8) is 0 Å². The van der Waals surface area contributed by atoms with Gasteiger partial charge in [0.1, 0.15) is 0 Å². The van der Waals surface area contributed by atoms with Gasteiger partial charge in [-0.2, -0.15) is 0 Å². The zero-order chi connectivity index (χ0) is 25.1. The number of aromatic nitrogens is 2. The maximum Gasteiger partial charge on any atom is 0.278 e. The summed E-state index contributed by atoms with van der Waals surface area (Å²) in [4.78, 5) is 48.7. The molecule has 0 radical (unpaired) electrons. The van der Waals surface area contributed by atoms with E-state index in [1.165, 1.54) is 6.08 Å². The fourth-order valence-electron chi connectivity index (χ4n) is 4.21. The number of fused-ring (bicyclic) bond motifs is 1. The number of nitrogens with one attached hydrogen (secondary N) is 1. The summed E-state index contributed by atoms with van der Waals surface area (Å²) in [5.74, 6) is -0.515. The van der Waals surface area contributed by atoms with Crippen LogP contribution in [0, 0.1) is 0 Å². The monoisotopic (exact) mass is 498 g/mol. The largest absolute Gasteiger partial charge is 0.368 e. The van der Waals surface area contributed by atoms with E-state index < -0.39 is 11.3 Å². The minimum atomic E-state index is -0.528. The van der Waals surface area contributed by atoms with Gasteiger partial charge in [-0.3, -0.25) is 14.4 Å².